The summed E-state index contributed by atoms with van der Waals surface area (Å²) in [4.78, 5) is 22.4. The molecule has 4 N–H and O–H groups in total. The molecular formula is C12H14FN3O2. The van der Waals surface area contributed by atoms with E-state index in [0.29, 0.717) is 12.2 Å². The van der Waals surface area contributed by atoms with Crippen LogP contribution < -0.4 is 16.4 Å². The molecule has 0 aromatic heterocycles. The fourth-order valence-corrected chi connectivity index (χ4v) is 1.28. The summed E-state index contributed by atoms with van der Waals surface area (Å²) in [7, 11) is 0. The summed E-state index contributed by atoms with van der Waals surface area (Å²) in [5.74, 6) is -1.91. The van der Waals surface area contributed by atoms with Gasteiger partial charge in [-0.2, -0.15) is 0 Å². The van der Waals surface area contributed by atoms with E-state index in [1.165, 1.54) is 12.1 Å². The quantitative estimate of drug-likeness (QED) is 0.512. The Morgan fingerprint density at radius 3 is 2.78 bits per heavy atom. The van der Waals surface area contributed by atoms with Gasteiger partial charge in [0.2, 0.25) is 5.91 Å². The number of hydrogen-bond donors (Lipinski definition) is 3. The van der Waals surface area contributed by atoms with Gasteiger partial charge in [-0.3, -0.25) is 9.59 Å². The van der Waals surface area contributed by atoms with Gasteiger partial charge in [0.05, 0.1) is 12.1 Å². The van der Waals surface area contributed by atoms with Crippen molar-refractivity contribution < 1.29 is 14.0 Å². The summed E-state index contributed by atoms with van der Waals surface area (Å²) >= 11 is 0. The average Bonchev–Trinajstić information content (AvgIpc) is 2.31. The van der Waals surface area contributed by atoms with Crippen molar-refractivity contribution >= 4 is 17.5 Å². The molecule has 18 heavy (non-hydrogen) atoms. The van der Waals surface area contributed by atoms with Gasteiger partial charge in [0, 0.05) is 12.2 Å². The highest BCUT2D eigenvalue weighted by Gasteiger charge is 2.10. The minimum absolute atomic E-state index is 0.0926. The van der Waals surface area contributed by atoms with Crippen LogP contribution in [0.5, 0.6) is 0 Å². The highest BCUT2D eigenvalue weighted by Crippen LogP contribution is 2.14. The van der Waals surface area contributed by atoms with Gasteiger partial charge in [-0.05, 0) is 18.2 Å². The van der Waals surface area contributed by atoms with Crippen LogP contribution in [0.1, 0.15) is 10.4 Å². The lowest BCUT2D eigenvalue weighted by Gasteiger charge is -2.07. The Labute approximate surface area is 104 Å². The lowest BCUT2D eigenvalue weighted by Crippen LogP contribution is -2.28. The van der Waals surface area contributed by atoms with Crippen molar-refractivity contribution in [3.63, 3.8) is 0 Å². The maximum atomic E-state index is 13.2. The molecule has 0 bridgehead atoms. The molecule has 0 aliphatic rings. The molecule has 6 heteroatoms. The minimum atomic E-state index is -0.881. The van der Waals surface area contributed by atoms with Crippen molar-refractivity contribution in [1.29, 1.82) is 0 Å². The van der Waals surface area contributed by atoms with E-state index in [1.54, 1.807) is 6.08 Å². The SMILES string of the molecule is C=CCNCC(=O)Nc1ccc(F)c(C(N)=O)c1. The molecule has 0 aliphatic carbocycles. The van der Waals surface area contributed by atoms with Crippen LogP contribution in [0.4, 0.5) is 10.1 Å². The first-order valence-electron chi connectivity index (χ1n) is 5.25. The number of benzene rings is 1. The first kappa shape index (κ1) is 13.9. The first-order valence-corrected chi connectivity index (χ1v) is 5.25. The number of amides is 2. The maximum Gasteiger partial charge on any atom is 0.251 e. The molecule has 0 saturated carbocycles. The van der Waals surface area contributed by atoms with Crippen LogP contribution in [0.3, 0.4) is 0 Å². The summed E-state index contributed by atoms with van der Waals surface area (Å²) in [6, 6.07) is 3.63. The van der Waals surface area contributed by atoms with E-state index < -0.39 is 11.7 Å². The summed E-state index contributed by atoms with van der Waals surface area (Å²) in [6.45, 7) is 4.09. The largest absolute Gasteiger partial charge is 0.366 e. The van der Waals surface area contributed by atoms with Gasteiger partial charge < -0.3 is 16.4 Å². The number of nitrogens with one attached hydrogen (secondary N) is 2. The molecule has 1 aromatic rings. The Bertz CT molecular complexity index is 474. The van der Waals surface area contributed by atoms with Gasteiger partial charge in [0.25, 0.3) is 5.91 Å². The Morgan fingerprint density at radius 1 is 1.44 bits per heavy atom. The van der Waals surface area contributed by atoms with Crippen LogP contribution in [-0.2, 0) is 4.79 Å². The monoisotopic (exact) mass is 251 g/mol. The molecule has 96 valence electrons. The first-order chi connectivity index (χ1) is 8.54. The Hall–Kier alpha value is -2.21. The van der Waals surface area contributed by atoms with E-state index in [4.69, 9.17) is 5.73 Å². The van der Waals surface area contributed by atoms with Crippen LogP contribution in [0.25, 0.3) is 0 Å². The van der Waals surface area contributed by atoms with Crippen LogP contribution >= 0.6 is 0 Å². The number of halogens is 1. The van der Waals surface area contributed by atoms with Gasteiger partial charge in [-0.15, -0.1) is 6.58 Å². The zero-order valence-corrected chi connectivity index (χ0v) is 9.70. The van der Waals surface area contributed by atoms with E-state index >= 15 is 0 Å². The molecular weight excluding hydrogens is 237 g/mol. The predicted octanol–water partition coefficient (Wildman–Crippen LogP) is 0.639. The lowest BCUT2D eigenvalue weighted by molar-refractivity contribution is -0.115. The number of primary amides is 1. The molecule has 0 heterocycles. The molecule has 0 unspecified atom stereocenters. The van der Waals surface area contributed by atoms with Crippen molar-refractivity contribution in [2.75, 3.05) is 18.4 Å². The maximum absolute atomic E-state index is 13.2. The van der Waals surface area contributed by atoms with Gasteiger partial charge in [0.15, 0.2) is 0 Å². The lowest BCUT2D eigenvalue weighted by atomic mass is 10.2. The second kappa shape index (κ2) is 6.51. The fourth-order valence-electron chi connectivity index (χ4n) is 1.28. The number of anilines is 1. The van der Waals surface area contributed by atoms with E-state index in [1.807, 2.05) is 0 Å². The van der Waals surface area contributed by atoms with Crippen LogP contribution in [0.15, 0.2) is 30.9 Å². The van der Waals surface area contributed by atoms with E-state index in [2.05, 4.69) is 17.2 Å². The van der Waals surface area contributed by atoms with Crippen LogP contribution in [-0.4, -0.2) is 24.9 Å². The molecule has 2 amide bonds. The summed E-state index contributed by atoms with van der Waals surface area (Å²) < 4.78 is 13.2. The molecule has 1 rings (SSSR count). The number of hydrogen-bond acceptors (Lipinski definition) is 3. The highest BCUT2D eigenvalue weighted by atomic mass is 19.1. The van der Waals surface area contributed by atoms with Crippen molar-refractivity contribution in [3.05, 3.63) is 42.2 Å². The van der Waals surface area contributed by atoms with Gasteiger partial charge in [-0.1, -0.05) is 6.08 Å². The van der Waals surface area contributed by atoms with E-state index in [9.17, 15) is 14.0 Å². The van der Waals surface area contributed by atoms with Crippen molar-refractivity contribution in [2.45, 2.75) is 0 Å². The number of nitrogens with two attached hydrogens (primary N) is 1. The Balaban J connectivity index is 2.67. The van der Waals surface area contributed by atoms with Gasteiger partial charge >= 0.3 is 0 Å². The molecule has 0 saturated heterocycles. The van der Waals surface area contributed by atoms with Gasteiger partial charge in [0.1, 0.15) is 5.82 Å². The normalized spacial score (nSPS) is 9.83. The average molecular weight is 251 g/mol. The molecule has 0 spiro atoms. The van der Waals surface area contributed by atoms with Crippen LogP contribution in [0.2, 0.25) is 0 Å². The third-order valence-electron chi connectivity index (χ3n) is 2.09. The van der Waals surface area contributed by atoms with Crippen LogP contribution in [0, 0.1) is 5.82 Å². The summed E-state index contributed by atoms with van der Waals surface area (Å²) in [6.07, 6.45) is 1.62. The number of carbonyl (C=O) groups is 2. The summed E-state index contributed by atoms with van der Waals surface area (Å²) in [5.41, 5.74) is 5.06. The van der Waals surface area contributed by atoms with Crippen molar-refractivity contribution in [2.24, 2.45) is 5.73 Å². The molecule has 0 radical (unpaired) electrons. The Morgan fingerprint density at radius 2 is 2.17 bits per heavy atom. The second-order valence-corrected chi connectivity index (χ2v) is 3.53. The zero-order valence-electron chi connectivity index (χ0n) is 9.70. The third kappa shape index (κ3) is 3.99. The molecule has 5 nitrogen and oxygen atoms in total. The molecule has 0 atom stereocenters. The second-order valence-electron chi connectivity index (χ2n) is 3.53. The topological polar surface area (TPSA) is 84.2 Å². The molecule has 0 fully saturated rings. The smallest absolute Gasteiger partial charge is 0.251 e. The third-order valence-corrected chi connectivity index (χ3v) is 2.09. The summed E-state index contributed by atoms with van der Waals surface area (Å²) in [5, 5.41) is 5.32. The predicted molar refractivity (Wildman–Crippen MR) is 66.6 cm³/mol. The molecule has 0 aliphatic heterocycles. The highest BCUT2D eigenvalue weighted by molar-refractivity contribution is 5.97. The number of rotatable bonds is 6. The fraction of sp³-hybridized carbons (Fsp3) is 0.167. The minimum Gasteiger partial charge on any atom is -0.366 e. The zero-order chi connectivity index (χ0) is 13.5. The standard InChI is InChI=1S/C12H14FN3O2/c1-2-5-15-7-11(17)16-8-3-4-10(13)9(6-8)12(14)18/h2-4,6,15H,1,5,7H2,(H2,14,18)(H,16,17). The van der Waals surface area contributed by atoms with Gasteiger partial charge in [-0.25, -0.2) is 4.39 Å². The Kier molecular flexibility index (Phi) is 5.01. The molecule has 1 aromatic carbocycles. The van der Waals surface area contributed by atoms with E-state index in [0.717, 1.165) is 6.07 Å². The van der Waals surface area contributed by atoms with Crippen molar-refractivity contribution in [1.82, 2.24) is 5.32 Å². The van der Waals surface area contributed by atoms with E-state index in [-0.39, 0.29) is 18.0 Å². The number of carbonyl (C=O) groups excluding carboxylic acids is 2. The van der Waals surface area contributed by atoms with Crippen molar-refractivity contribution in [3.8, 4) is 0 Å².